The van der Waals surface area contributed by atoms with E-state index >= 15 is 0 Å². The van der Waals surface area contributed by atoms with Crippen molar-refractivity contribution >= 4 is 5.91 Å². The number of aliphatic hydroxyl groups is 1. The molecule has 2 unspecified atom stereocenters. The molecular weight excluding hydrogens is 202 g/mol. The minimum absolute atomic E-state index is 0.0168. The maximum atomic E-state index is 12.0. The van der Waals surface area contributed by atoms with Crippen LogP contribution in [0.15, 0.2) is 0 Å². The lowest BCUT2D eigenvalue weighted by atomic mass is 9.87. The molecule has 2 aliphatic rings. The molecule has 3 nitrogen and oxygen atoms in total. The van der Waals surface area contributed by atoms with Gasteiger partial charge < -0.3 is 10.4 Å². The first-order chi connectivity index (χ1) is 7.77. The van der Waals surface area contributed by atoms with E-state index < -0.39 is 0 Å². The second-order valence-corrected chi connectivity index (χ2v) is 5.30. The normalized spacial score (nSPS) is 32.3. The summed E-state index contributed by atoms with van der Waals surface area (Å²) in [4.78, 5) is 12.0. The van der Waals surface area contributed by atoms with E-state index in [1.165, 1.54) is 19.3 Å². The third-order valence-electron chi connectivity index (χ3n) is 4.03. The molecule has 0 aliphatic heterocycles. The summed E-state index contributed by atoms with van der Waals surface area (Å²) in [5, 5.41) is 12.9. The van der Waals surface area contributed by atoms with E-state index in [-0.39, 0.29) is 24.0 Å². The highest BCUT2D eigenvalue weighted by Gasteiger charge is 2.28. The Hall–Kier alpha value is -0.570. The number of nitrogens with one attached hydrogen (secondary N) is 1. The fourth-order valence-electron chi connectivity index (χ4n) is 2.95. The van der Waals surface area contributed by atoms with Gasteiger partial charge in [0.1, 0.15) is 0 Å². The van der Waals surface area contributed by atoms with Crippen molar-refractivity contribution in [3.63, 3.8) is 0 Å². The fraction of sp³-hybridized carbons (Fsp3) is 0.923. The van der Waals surface area contributed by atoms with Gasteiger partial charge in [0, 0.05) is 5.92 Å². The van der Waals surface area contributed by atoms with Crippen LogP contribution in [0.1, 0.15) is 57.8 Å². The largest absolute Gasteiger partial charge is 0.391 e. The molecule has 0 radical (unpaired) electrons. The molecular formula is C13H23NO2. The maximum Gasteiger partial charge on any atom is 0.223 e. The number of hydrogen-bond donors (Lipinski definition) is 2. The monoisotopic (exact) mass is 225 g/mol. The van der Waals surface area contributed by atoms with Crippen LogP contribution in [0.2, 0.25) is 0 Å². The summed E-state index contributed by atoms with van der Waals surface area (Å²) in [6.07, 6.45) is 9.41. The Morgan fingerprint density at radius 1 is 0.938 bits per heavy atom. The molecule has 0 aromatic rings. The van der Waals surface area contributed by atoms with Gasteiger partial charge in [0.05, 0.1) is 12.1 Å². The highest BCUT2D eigenvalue weighted by atomic mass is 16.3. The molecule has 2 rings (SSSR count). The van der Waals surface area contributed by atoms with Crippen LogP contribution in [0, 0.1) is 5.92 Å². The quantitative estimate of drug-likeness (QED) is 0.755. The van der Waals surface area contributed by atoms with Crippen molar-refractivity contribution in [3.8, 4) is 0 Å². The van der Waals surface area contributed by atoms with Gasteiger partial charge in [0.15, 0.2) is 0 Å². The van der Waals surface area contributed by atoms with E-state index in [0.717, 1.165) is 38.5 Å². The second-order valence-electron chi connectivity index (χ2n) is 5.30. The first-order valence-corrected chi connectivity index (χ1v) is 6.76. The van der Waals surface area contributed by atoms with Gasteiger partial charge in [0.25, 0.3) is 0 Å². The van der Waals surface area contributed by atoms with Crippen molar-refractivity contribution in [2.24, 2.45) is 5.92 Å². The molecule has 2 saturated carbocycles. The molecule has 2 aliphatic carbocycles. The van der Waals surface area contributed by atoms with Crippen molar-refractivity contribution in [1.82, 2.24) is 5.32 Å². The van der Waals surface area contributed by atoms with Crippen molar-refractivity contribution in [1.29, 1.82) is 0 Å². The SMILES string of the molecule is O=C(NC1CCCCC1O)C1CCCCC1. The van der Waals surface area contributed by atoms with Crippen LogP contribution in [0.5, 0.6) is 0 Å². The molecule has 0 aromatic carbocycles. The van der Waals surface area contributed by atoms with Gasteiger partial charge in [-0.15, -0.1) is 0 Å². The molecule has 1 amide bonds. The summed E-state index contributed by atoms with van der Waals surface area (Å²) in [5.41, 5.74) is 0. The number of carbonyl (C=O) groups is 1. The number of hydrogen-bond acceptors (Lipinski definition) is 2. The maximum absolute atomic E-state index is 12.0. The Morgan fingerprint density at radius 3 is 2.25 bits per heavy atom. The molecule has 0 saturated heterocycles. The number of carbonyl (C=O) groups excluding carboxylic acids is 1. The number of amides is 1. The minimum atomic E-state index is -0.318. The Balaban J connectivity index is 1.80. The van der Waals surface area contributed by atoms with Gasteiger partial charge in [-0.25, -0.2) is 0 Å². The molecule has 16 heavy (non-hydrogen) atoms. The van der Waals surface area contributed by atoms with Crippen molar-refractivity contribution in [2.75, 3.05) is 0 Å². The molecule has 3 heteroatoms. The lowest BCUT2D eigenvalue weighted by Crippen LogP contribution is -2.47. The zero-order valence-corrected chi connectivity index (χ0v) is 9.95. The first kappa shape index (κ1) is 11.9. The van der Waals surface area contributed by atoms with Crippen LogP contribution in [-0.4, -0.2) is 23.2 Å². The Bertz CT molecular complexity index is 236. The zero-order chi connectivity index (χ0) is 11.4. The standard InChI is InChI=1S/C13H23NO2/c15-12-9-5-4-8-11(12)14-13(16)10-6-2-1-3-7-10/h10-12,15H,1-9H2,(H,14,16). The van der Waals surface area contributed by atoms with E-state index in [1.54, 1.807) is 0 Å². The van der Waals surface area contributed by atoms with Crippen LogP contribution >= 0.6 is 0 Å². The highest BCUT2D eigenvalue weighted by Crippen LogP contribution is 2.25. The van der Waals surface area contributed by atoms with Crippen molar-refractivity contribution in [3.05, 3.63) is 0 Å². The Labute approximate surface area is 97.6 Å². The predicted octanol–water partition coefficient (Wildman–Crippen LogP) is 1.99. The summed E-state index contributed by atoms with van der Waals surface area (Å²) in [5.74, 6) is 0.397. The molecule has 0 spiro atoms. The lowest BCUT2D eigenvalue weighted by Gasteiger charge is -2.30. The van der Waals surface area contributed by atoms with Gasteiger partial charge >= 0.3 is 0 Å². The molecule has 92 valence electrons. The molecule has 0 bridgehead atoms. The van der Waals surface area contributed by atoms with Gasteiger partial charge in [-0.3, -0.25) is 4.79 Å². The van der Waals surface area contributed by atoms with Gasteiger partial charge in [-0.1, -0.05) is 32.1 Å². The van der Waals surface area contributed by atoms with Crippen LogP contribution in [0.3, 0.4) is 0 Å². The topological polar surface area (TPSA) is 49.3 Å². The summed E-state index contributed by atoms with van der Waals surface area (Å²) in [6.45, 7) is 0. The third-order valence-corrected chi connectivity index (χ3v) is 4.03. The Morgan fingerprint density at radius 2 is 1.56 bits per heavy atom. The van der Waals surface area contributed by atoms with Crippen LogP contribution < -0.4 is 5.32 Å². The van der Waals surface area contributed by atoms with Crippen LogP contribution in [0.4, 0.5) is 0 Å². The van der Waals surface area contributed by atoms with E-state index in [0.29, 0.717) is 0 Å². The van der Waals surface area contributed by atoms with E-state index in [2.05, 4.69) is 5.32 Å². The van der Waals surface area contributed by atoms with Crippen molar-refractivity contribution < 1.29 is 9.90 Å². The molecule has 2 fully saturated rings. The summed E-state index contributed by atoms with van der Waals surface area (Å²) < 4.78 is 0. The summed E-state index contributed by atoms with van der Waals surface area (Å²) >= 11 is 0. The third kappa shape index (κ3) is 2.97. The number of aliphatic hydroxyl groups excluding tert-OH is 1. The lowest BCUT2D eigenvalue weighted by molar-refractivity contribution is -0.127. The fourth-order valence-corrected chi connectivity index (χ4v) is 2.95. The van der Waals surface area contributed by atoms with Gasteiger partial charge in [0.2, 0.25) is 5.91 Å². The van der Waals surface area contributed by atoms with Crippen LogP contribution in [-0.2, 0) is 4.79 Å². The molecule has 0 heterocycles. The van der Waals surface area contributed by atoms with Crippen molar-refractivity contribution in [2.45, 2.75) is 69.9 Å². The van der Waals surface area contributed by atoms with E-state index in [4.69, 9.17) is 0 Å². The summed E-state index contributed by atoms with van der Waals surface area (Å²) in [7, 11) is 0. The molecule has 2 atom stereocenters. The molecule has 2 N–H and O–H groups in total. The zero-order valence-electron chi connectivity index (χ0n) is 9.95. The highest BCUT2D eigenvalue weighted by molar-refractivity contribution is 5.79. The average Bonchev–Trinajstić information content (AvgIpc) is 2.33. The molecule has 0 aromatic heterocycles. The minimum Gasteiger partial charge on any atom is -0.391 e. The first-order valence-electron chi connectivity index (χ1n) is 6.76. The average molecular weight is 225 g/mol. The Kier molecular flexibility index (Phi) is 4.22. The predicted molar refractivity (Wildman–Crippen MR) is 63.0 cm³/mol. The smallest absolute Gasteiger partial charge is 0.223 e. The second kappa shape index (κ2) is 5.67. The van der Waals surface area contributed by atoms with Gasteiger partial charge in [-0.05, 0) is 25.7 Å². The van der Waals surface area contributed by atoms with Gasteiger partial charge in [-0.2, -0.15) is 0 Å². The van der Waals surface area contributed by atoms with Crippen LogP contribution in [0.25, 0.3) is 0 Å². The summed E-state index contributed by atoms with van der Waals surface area (Å²) in [6, 6.07) is 0.0168. The number of rotatable bonds is 2. The van der Waals surface area contributed by atoms with E-state index in [1.807, 2.05) is 0 Å². The van der Waals surface area contributed by atoms with E-state index in [9.17, 15) is 9.90 Å².